The summed E-state index contributed by atoms with van der Waals surface area (Å²) in [5.74, 6) is 0.972. The zero-order valence-electron chi connectivity index (χ0n) is 17.7. The van der Waals surface area contributed by atoms with E-state index in [0.717, 1.165) is 47.4 Å². The molecule has 3 aromatic rings. The standard InChI is InChI=1S/C24H24FN3O3/c1-14-7-12-20(30-3)19(13-14)26-24(29)23-15(2)22-18(5-4-6-21(22)31-23)28-27-17-10-8-16(25)9-11-17/h7-13,27H,4-6H2,1-3H3,(H,26,29)/b28-18+. The van der Waals surface area contributed by atoms with Crippen LogP contribution in [0.5, 0.6) is 5.75 Å². The van der Waals surface area contributed by atoms with E-state index < -0.39 is 0 Å². The van der Waals surface area contributed by atoms with E-state index in [1.165, 1.54) is 12.1 Å². The second kappa shape index (κ2) is 8.63. The Balaban J connectivity index is 1.61. The first kappa shape index (κ1) is 20.7. The molecule has 0 spiro atoms. The van der Waals surface area contributed by atoms with E-state index in [0.29, 0.717) is 17.1 Å². The van der Waals surface area contributed by atoms with Gasteiger partial charge < -0.3 is 14.5 Å². The van der Waals surface area contributed by atoms with Crippen molar-refractivity contribution in [1.82, 2.24) is 0 Å². The van der Waals surface area contributed by atoms with Gasteiger partial charge in [-0.15, -0.1) is 0 Å². The Morgan fingerprint density at radius 3 is 2.65 bits per heavy atom. The molecule has 0 saturated heterocycles. The van der Waals surface area contributed by atoms with Gasteiger partial charge in [0, 0.05) is 17.5 Å². The van der Waals surface area contributed by atoms with E-state index in [4.69, 9.17) is 9.15 Å². The molecule has 4 rings (SSSR count). The highest BCUT2D eigenvalue weighted by Crippen LogP contribution is 2.32. The van der Waals surface area contributed by atoms with Crippen LogP contribution in [0.15, 0.2) is 52.0 Å². The maximum Gasteiger partial charge on any atom is 0.291 e. The fourth-order valence-electron chi connectivity index (χ4n) is 3.75. The van der Waals surface area contributed by atoms with E-state index >= 15 is 0 Å². The number of aryl methyl sites for hydroxylation is 2. The molecule has 2 N–H and O–H groups in total. The number of hydrazone groups is 1. The van der Waals surface area contributed by atoms with Gasteiger partial charge in [-0.1, -0.05) is 6.07 Å². The predicted octanol–water partition coefficient (Wildman–Crippen LogP) is 5.45. The fourth-order valence-corrected chi connectivity index (χ4v) is 3.75. The first-order valence-corrected chi connectivity index (χ1v) is 10.1. The average molecular weight is 421 g/mol. The van der Waals surface area contributed by atoms with Gasteiger partial charge in [-0.05, 0) is 68.7 Å². The number of fused-ring (bicyclic) bond motifs is 1. The van der Waals surface area contributed by atoms with Crippen LogP contribution >= 0.6 is 0 Å². The minimum Gasteiger partial charge on any atom is -0.495 e. The lowest BCUT2D eigenvalue weighted by Gasteiger charge is -2.13. The first-order valence-electron chi connectivity index (χ1n) is 10.1. The quantitative estimate of drug-likeness (QED) is 0.537. The number of hydrogen-bond acceptors (Lipinski definition) is 5. The van der Waals surface area contributed by atoms with Crippen molar-refractivity contribution >= 4 is 23.0 Å². The molecule has 0 radical (unpaired) electrons. The van der Waals surface area contributed by atoms with E-state index in [-0.39, 0.29) is 17.5 Å². The summed E-state index contributed by atoms with van der Waals surface area (Å²) in [5, 5.41) is 7.41. The molecule has 1 heterocycles. The van der Waals surface area contributed by atoms with Crippen molar-refractivity contribution in [3.63, 3.8) is 0 Å². The van der Waals surface area contributed by atoms with Crippen molar-refractivity contribution in [3.8, 4) is 5.75 Å². The number of benzene rings is 2. The maximum atomic E-state index is 13.1. The van der Waals surface area contributed by atoms with Crippen LogP contribution in [-0.4, -0.2) is 18.7 Å². The van der Waals surface area contributed by atoms with Crippen LogP contribution in [0, 0.1) is 19.7 Å². The number of nitrogens with zero attached hydrogens (tertiary/aromatic N) is 1. The smallest absolute Gasteiger partial charge is 0.291 e. The summed E-state index contributed by atoms with van der Waals surface area (Å²) in [6, 6.07) is 11.6. The number of anilines is 2. The summed E-state index contributed by atoms with van der Waals surface area (Å²) in [4.78, 5) is 13.0. The molecule has 1 aliphatic carbocycles. The molecule has 0 fully saturated rings. The van der Waals surface area contributed by atoms with E-state index in [9.17, 15) is 9.18 Å². The van der Waals surface area contributed by atoms with E-state index in [2.05, 4.69) is 15.8 Å². The molecular formula is C24H24FN3O3. The summed E-state index contributed by atoms with van der Waals surface area (Å²) >= 11 is 0. The molecule has 1 aliphatic rings. The van der Waals surface area contributed by atoms with Gasteiger partial charge in [-0.25, -0.2) is 4.39 Å². The van der Waals surface area contributed by atoms with E-state index in [1.54, 1.807) is 19.2 Å². The molecule has 0 bridgehead atoms. The molecule has 1 amide bonds. The van der Waals surface area contributed by atoms with Crippen molar-refractivity contribution in [3.05, 3.63) is 76.5 Å². The highest BCUT2D eigenvalue weighted by Gasteiger charge is 2.28. The highest BCUT2D eigenvalue weighted by atomic mass is 19.1. The molecule has 1 aromatic heterocycles. The van der Waals surface area contributed by atoms with Crippen LogP contribution in [0.1, 0.15) is 45.8 Å². The largest absolute Gasteiger partial charge is 0.495 e. The molecule has 31 heavy (non-hydrogen) atoms. The van der Waals surface area contributed by atoms with E-state index in [1.807, 2.05) is 32.0 Å². The molecular weight excluding hydrogens is 397 g/mol. The normalized spacial score (nSPS) is 14.3. The summed E-state index contributed by atoms with van der Waals surface area (Å²) in [6.07, 6.45) is 2.37. The Hall–Kier alpha value is -3.61. The lowest BCUT2D eigenvalue weighted by Crippen LogP contribution is -2.15. The van der Waals surface area contributed by atoms with Crippen molar-refractivity contribution in [1.29, 1.82) is 0 Å². The van der Waals surface area contributed by atoms with Gasteiger partial charge in [0.1, 0.15) is 17.3 Å². The molecule has 0 atom stereocenters. The number of halogens is 1. The molecule has 0 aliphatic heterocycles. The Bertz CT molecular complexity index is 1150. The Kier molecular flexibility index (Phi) is 5.75. The number of nitrogens with one attached hydrogen (secondary N) is 2. The van der Waals surface area contributed by atoms with Gasteiger partial charge in [0.15, 0.2) is 5.76 Å². The number of carbonyl (C=O) groups excluding carboxylic acids is 1. The zero-order valence-corrected chi connectivity index (χ0v) is 17.7. The summed E-state index contributed by atoms with van der Waals surface area (Å²) in [7, 11) is 1.56. The third-order valence-corrected chi connectivity index (χ3v) is 5.30. The van der Waals surface area contributed by atoms with Crippen LogP contribution in [0.3, 0.4) is 0 Å². The monoisotopic (exact) mass is 421 g/mol. The number of carbonyl (C=O) groups is 1. The Morgan fingerprint density at radius 2 is 1.90 bits per heavy atom. The van der Waals surface area contributed by atoms with Crippen molar-refractivity contribution < 1.29 is 18.3 Å². The van der Waals surface area contributed by atoms with Gasteiger partial charge in [0.05, 0.1) is 24.2 Å². The number of amides is 1. The average Bonchev–Trinajstić information content (AvgIpc) is 3.11. The molecule has 2 aromatic carbocycles. The van der Waals surface area contributed by atoms with Gasteiger partial charge in [0.2, 0.25) is 0 Å². The fraction of sp³-hybridized carbons (Fsp3) is 0.250. The SMILES string of the molecule is COc1ccc(C)cc1NC(=O)c1oc2c(c1C)/C(=N/Nc1ccc(F)cc1)CCC2. The van der Waals surface area contributed by atoms with Gasteiger partial charge >= 0.3 is 0 Å². The molecule has 7 heteroatoms. The lowest BCUT2D eigenvalue weighted by atomic mass is 9.93. The number of ether oxygens (including phenoxy) is 1. The van der Waals surface area contributed by atoms with Crippen LogP contribution in [0.25, 0.3) is 0 Å². The molecule has 6 nitrogen and oxygen atoms in total. The molecule has 0 unspecified atom stereocenters. The number of rotatable bonds is 5. The summed E-state index contributed by atoms with van der Waals surface area (Å²) < 4.78 is 24.4. The van der Waals surface area contributed by atoms with Crippen molar-refractivity contribution in [2.75, 3.05) is 17.9 Å². The summed E-state index contributed by atoms with van der Waals surface area (Å²) in [5.41, 5.74) is 7.69. The first-order chi connectivity index (χ1) is 15.0. The van der Waals surface area contributed by atoms with Crippen molar-refractivity contribution in [2.45, 2.75) is 33.1 Å². The van der Waals surface area contributed by atoms with Gasteiger partial charge in [-0.3, -0.25) is 10.2 Å². The van der Waals surface area contributed by atoms with Crippen LogP contribution in [-0.2, 0) is 6.42 Å². The Labute approximate surface area is 180 Å². The van der Waals surface area contributed by atoms with Gasteiger partial charge in [0.25, 0.3) is 5.91 Å². The number of methoxy groups -OCH3 is 1. The second-order valence-electron chi connectivity index (χ2n) is 7.54. The minimum absolute atomic E-state index is 0.268. The topological polar surface area (TPSA) is 75.9 Å². The molecule has 160 valence electrons. The lowest BCUT2D eigenvalue weighted by molar-refractivity contribution is 0.0993. The maximum absolute atomic E-state index is 13.1. The predicted molar refractivity (Wildman–Crippen MR) is 119 cm³/mol. The minimum atomic E-state index is -0.332. The van der Waals surface area contributed by atoms with Crippen LogP contribution < -0.4 is 15.5 Å². The molecule has 0 saturated carbocycles. The van der Waals surface area contributed by atoms with Crippen LogP contribution in [0.4, 0.5) is 15.8 Å². The summed E-state index contributed by atoms with van der Waals surface area (Å²) in [6.45, 7) is 3.81. The highest BCUT2D eigenvalue weighted by molar-refractivity contribution is 6.09. The Morgan fingerprint density at radius 1 is 1.13 bits per heavy atom. The van der Waals surface area contributed by atoms with Gasteiger partial charge in [-0.2, -0.15) is 5.10 Å². The second-order valence-corrected chi connectivity index (χ2v) is 7.54. The number of hydrogen-bond donors (Lipinski definition) is 2. The number of furan rings is 1. The van der Waals surface area contributed by atoms with Crippen molar-refractivity contribution in [2.24, 2.45) is 5.10 Å². The zero-order chi connectivity index (χ0) is 22.0. The third kappa shape index (κ3) is 4.30. The third-order valence-electron chi connectivity index (χ3n) is 5.30. The van der Waals surface area contributed by atoms with Crippen LogP contribution in [0.2, 0.25) is 0 Å².